The first kappa shape index (κ1) is 115. The highest BCUT2D eigenvalue weighted by Crippen LogP contribution is 2.52. The number of benzene rings is 6. The first-order valence-corrected chi connectivity index (χ1v) is 53.8. The molecule has 1 aliphatic carbocycles. The predicted octanol–water partition coefficient (Wildman–Crippen LogP) is 15.3. The van der Waals surface area contributed by atoms with Gasteiger partial charge in [0, 0.05) is 46.3 Å². The second kappa shape index (κ2) is 57.1. The molecule has 59 heteroatoms. The summed E-state index contributed by atoms with van der Waals surface area (Å²) in [4.78, 5) is 137. The SMILES string of the molecule is CC(C)COC(=O)OCOP(=O)(COCCn1cnc2c(=O)[nH]c(N)nc21)OCc1cccc(Cl)c1.Cc1ccc(OC(=O)CCOP(=O)(COCCn2cnc3c(=O)[nH]c(N)nc32)OCc2cccc(Cl)c2)cc1.Nc1nc2c(ncn2CCOCP(=O)(OCOC(=O)OC2CCCC2)OCc2cccc(Cl)c2)c(=O)[nH]1.Nc1nc2c(ncn2CCOCP(=O)(OCOC(=O)Oc2ccccc2)OCc2cccc(Cl)c2)c(=O)[nH]1. The van der Waals surface area contributed by atoms with Crippen LogP contribution in [0.2, 0.25) is 20.1 Å². The molecule has 0 radical (unpaired) electrons. The number of para-hydroxylation sites is 1. The predicted molar refractivity (Wildman–Crippen MR) is 545 cm³/mol. The molecule has 0 saturated heterocycles. The van der Waals surface area contributed by atoms with Crippen LogP contribution >= 0.6 is 76.8 Å². The molecule has 0 bridgehead atoms. The van der Waals surface area contributed by atoms with E-state index in [1.807, 2.05) is 32.9 Å². The topological polar surface area (TPSA) is 670 Å². The van der Waals surface area contributed by atoms with Crippen LogP contribution in [-0.2, 0) is 154 Å². The molecule has 14 aromatic rings. The highest BCUT2D eigenvalue weighted by molar-refractivity contribution is 7.54. The molecule has 8 aromatic heterocycles. The van der Waals surface area contributed by atoms with Crippen molar-refractivity contribution in [3.63, 3.8) is 0 Å². The van der Waals surface area contributed by atoms with Gasteiger partial charge in [0.25, 0.3) is 22.2 Å². The van der Waals surface area contributed by atoms with Crippen LogP contribution in [0.1, 0.15) is 73.8 Å². The molecule has 51 nitrogen and oxygen atoms in total. The first-order chi connectivity index (χ1) is 72.0. The number of esters is 1. The van der Waals surface area contributed by atoms with Crippen LogP contribution in [0.4, 0.5) is 38.2 Å². The summed E-state index contributed by atoms with van der Waals surface area (Å²) in [7, 11) is -15.5. The van der Waals surface area contributed by atoms with E-state index in [-0.39, 0.29) is 186 Å². The fourth-order valence-electron chi connectivity index (χ4n) is 13.1. The Bertz CT molecular complexity index is 7350. The number of nitrogen functional groups attached to an aromatic ring is 4. The summed E-state index contributed by atoms with van der Waals surface area (Å²) in [5.74, 6) is 0.0672. The van der Waals surface area contributed by atoms with E-state index in [1.54, 1.807) is 158 Å². The van der Waals surface area contributed by atoms with Crippen LogP contribution in [0.5, 0.6) is 11.5 Å². The molecule has 8 heterocycles. The second-order valence-corrected chi connectivity index (χ2v) is 42.1. The van der Waals surface area contributed by atoms with Gasteiger partial charge in [0.15, 0.2) is 44.7 Å². The number of nitrogens with zero attached hydrogens (tertiary/aromatic N) is 12. The van der Waals surface area contributed by atoms with E-state index in [2.05, 4.69) is 59.8 Å². The maximum Gasteiger partial charge on any atom is 0.515 e. The van der Waals surface area contributed by atoms with E-state index in [1.165, 1.54) is 25.3 Å². The molecule has 0 aliphatic heterocycles. The van der Waals surface area contributed by atoms with Gasteiger partial charge >= 0.3 is 54.8 Å². The normalized spacial score (nSPS) is 13.6. The fourth-order valence-corrected chi connectivity index (χ4v) is 18.7. The minimum atomic E-state index is -3.92. The Kier molecular flexibility index (Phi) is 44.0. The number of nitrogens with two attached hydrogens (primary N) is 4. The summed E-state index contributed by atoms with van der Waals surface area (Å²) >= 11 is 24.0. The Morgan fingerprint density at radius 3 is 1.04 bits per heavy atom. The average molecular weight is 2240 g/mol. The van der Waals surface area contributed by atoms with E-state index in [9.17, 15) is 56.6 Å². The Morgan fingerprint density at radius 1 is 0.387 bits per heavy atom. The van der Waals surface area contributed by atoms with Crippen LogP contribution in [0, 0.1) is 12.8 Å². The number of carbonyl (C=O) groups excluding carboxylic acids is 4. The van der Waals surface area contributed by atoms with Crippen molar-refractivity contribution in [3.8, 4) is 11.5 Å². The average Bonchev–Trinajstić information content (AvgIpc) is 1.67. The lowest BCUT2D eigenvalue weighted by Gasteiger charge is -2.19. The van der Waals surface area contributed by atoms with Crippen LogP contribution in [0.25, 0.3) is 44.7 Å². The maximum atomic E-state index is 13.5. The van der Waals surface area contributed by atoms with Crippen LogP contribution < -0.4 is 54.6 Å². The van der Waals surface area contributed by atoms with Gasteiger partial charge in [-0.25, -0.2) is 34.3 Å². The Hall–Kier alpha value is -13.2. The number of halogens is 4. The lowest BCUT2D eigenvalue weighted by Crippen LogP contribution is -2.17. The van der Waals surface area contributed by atoms with Gasteiger partial charge in [-0.05, 0) is 134 Å². The number of fused-ring (bicyclic) bond motifs is 4. The van der Waals surface area contributed by atoms with E-state index in [4.69, 9.17) is 158 Å². The van der Waals surface area contributed by atoms with Crippen molar-refractivity contribution < 1.29 is 126 Å². The van der Waals surface area contributed by atoms with E-state index < -0.39 is 116 Å². The largest absolute Gasteiger partial charge is 0.515 e. The zero-order valence-electron chi connectivity index (χ0n) is 80.4. The van der Waals surface area contributed by atoms with E-state index in [0.29, 0.717) is 53.7 Å². The molecule has 4 atom stereocenters. The van der Waals surface area contributed by atoms with Crippen molar-refractivity contribution >= 4 is 170 Å². The Labute approximate surface area is 872 Å². The molecule has 6 aromatic carbocycles. The van der Waals surface area contributed by atoms with Crippen molar-refractivity contribution in [2.45, 2.75) is 112 Å². The molecule has 12 N–H and O–H groups in total. The van der Waals surface area contributed by atoms with Gasteiger partial charge < -0.3 is 116 Å². The third kappa shape index (κ3) is 37.8. The standard InChI is InChI=1S/C25H27ClN5O7P.C23H23ClN5O8P.C22H27ClN5O8P.C21H27ClN5O8P/c1-17-5-7-20(8-6-17)38-21(32)9-11-36-39(34,37-14-18-3-2-4-19(26)13-18)16-35-12-10-31-15-28-22-23(31)29-25(27)30-24(22)33;24-17-6-4-5-16(11-17)12-35-38(32,36-14-34-23(31)37-18-7-2-1-3-8-18)15-33-10-9-29-13-26-19-20(29)27-22(25)28-21(19)30;23-16-5-3-4-15(10-16)11-34-37(31,35-13-33-22(30)36-17-6-1-2-7-17)14-32-9-8-28-12-25-18-19(28)26-21(24)27-20(18)29;1-14(2)9-32-21(29)33-12-35-36(30,34-10-15-4-3-5-16(22)8-15)13-31-7-6-27-11-24-17-18(27)25-20(23)26-19(17)28/h2-8,13,15H,9-12,14,16H2,1H3,(H3,27,29,30,33);1-8,11,13H,9-10,12,14-15H2,(H3,25,27,28,30);3-5,10,12,17H,1-2,6-9,11,13-14H2,(H3,24,26,27,29);3-5,8,11,14H,6-7,9-10,12-13H2,1-2H3,(H3,23,25,26,28). The van der Waals surface area contributed by atoms with Crippen molar-refractivity contribution in [1.82, 2.24) is 78.1 Å². The summed E-state index contributed by atoms with van der Waals surface area (Å²) in [5.41, 5.74) is 25.9. The molecule has 1 fully saturated rings. The van der Waals surface area contributed by atoms with Gasteiger partial charge in [-0.2, -0.15) is 19.9 Å². The molecule has 150 heavy (non-hydrogen) atoms. The smallest absolute Gasteiger partial charge is 0.434 e. The van der Waals surface area contributed by atoms with Gasteiger partial charge in [0.1, 0.15) is 43.0 Å². The number of aromatic amines is 4. The maximum absolute atomic E-state index is 13.5. The van der Waals surface area contributed by atoms with Gasteiger partial charge in [-0.1, -0.05) is 145 Å². The number of H-pyrrole nitrogens is 4. The summed E-state index contributed by atoms with van der Waals surface area (Å²) in [6.07, 6.45) is 4.27. The molecule has 802 valence electrons. The van der Waals surface area contributed by atoms with Crippen LogP contribution in [0.15, 0.2) is 196 Å². The number of hydrogen-bond acceptors (Lipinski definition) is 43. The van der Waals surface area contributed by atoms with Crippen molar-refractivity contribution in [3.05, 3.63) is 266 Å². The summed E-state index contributed by atoms with van der Waals surface area (Å²) < 4.78 is 160. The van der Waals surface area contributed by atoms with Crippen molar-refractivity contribution in [1.29, 1.82) is 0 Å². The fraction of sp³-hybridized carbons (Fsp3) is 0.341. The number of hydrogen-bond donors (Lipinski definition) is 8. The van der Waals surface area contributed by atoms with Crippen LogP contribution in [0.3, 0.4) is 0 Å². The van der Waals surface area contributed by atoms with E-state index in [0.717, 1.165) is 31.2 Å². The first-order valence-electron chi connectivity index (χ1n) is 45.4. The molecule has 1 aliphatic rings. The summed E-state index contributed by atoms with van der Waals surface area (Å²) in [5, 5.41) is 1.96. The molecule has 0 amide bonds. The number of anilines is 4. The zero-order chi connectivity index (χ0) is 107. The third-order valence-corrected chi connectivity index (χ3v) is 27.4. The number of rotatable bonds is 50. The van der Waals surface area contributed by atoms with Crippen LogP contribution in [-0.4, -0.2) is 194 Å². The number of imidazole rings is 4. The molecule has 15 rings (SSSR count). The summed E-state index contributed by atoms with van der Waals surface area (Å²) in [6, 6.07) is 42.6. The van der Waals surface area contributed by atoms with Gasteiger partial charge in [0.05, 0.1) is 97.8 Å². The van der Waals surface area contributed by atoms with Gasteiger partial charge in [-0.3, -0.25) is 75.7 Å². The minimum absolute atomic E-state index is 0.0324. The van der Waals surface area contributed by atoms with E-state index >= 15 is 0 Å². The van der Waals surface area contributed by atoms with Gasteiger partial charge in [-0.15, -0.1) is 0 Å². The lowest BCUT2D eigenvalue weighted by atomic mass is 10.2. The summed E-state index contributed by atoms with van der Waals surface area (Å²) in [6.45, 7) is 4.40. The Balaban J connectivity index is 0.000000177. The second-order valence-electron chi connectivity index (χ2n) is 32.4. The highest BCUT2D eigenvalue weighted by Gasteiger charge is 2.33. The van der Waals surface area contributed by atoms with Crippen molar-refractivity contribution in [2.24, 2.45) is 5.92 Å². The number of carbonyl (C=O) groups is 4. The highest BCUT2D eigenvalue weighted by atomic mass is 35.5. The number of aromatic nitrogens is 16. The molecular weight excluding hydrogens is 2130 g/mol. The number of aryl methyl sites for hydroxylation is 1. The third-order valence-electron chi connectivity index (χ3n) is 20.3. The van der Waals surface area contributed by atoms with Gasteiger partial charge in [0.2, 0.25) is 44.2 Å². The Morgan fingerprint density at radius 2 is 0.707 bits per heavy atom. The lowest BCUT2D eigenvalue weighted by molar-refractivity contribution is -0.135. The quantitative estimate of drug-likeness (QED) is 0.00334. The zero-order valence-corrected chi connectivity index (χ0v) is 87.0. The monoisotopic (exact) mass is 2240 g/mol. The number of ether oxygens (including phenoxy) is 11. The number of nitrogens with one attached hydrogen (secondary N) is 4. The van der Waals surface area contributed by atoms with Crippen molar-refractivity contribution in [2.75, 3.05) is 108 Å². The molecule has 4 unspecified atom stereocenters. The molecular formula is C91H104Cl4N20O31P4. The molecule has 1 saturated carbocycles. The molecule has 0 spiro atoms. The minimum Gasteiger partial charge on any atom is -0.434 e.